The molecular weight excluding hydrogens is 777 g/mol. The third kappa shape index (κ3) is 24.1. The van der Waals surface area contributed by atoms with E-state index in [2.05, 4.69) is 74.5 Å². The third-order valence-corrected chi connectivity index (χ3v) is 12.0. The van der Waals surface area contributed by atoms with Gasteiger partial charge in [-0.05, 0) is 80.9 Å². The maximum absolute atomic E-state index is 13.4. The highest BCUT2D eigenvalue weighted by Crippen LogP contribution is 2.40. The van der Waals surface area contributed by atoms with E-state index in [1.165, 1.54) is 116 Å². The highest BCUT2D eigenvalue weighted by molar-refractivity contribution is 5.70. The molecule has 3 rings (SSSR count). The molecule has 0 aromatic heterocycles. The van der Waals surface area contributed by atoms with Crippen LogP contribution in [-0.2, 0) is 29.4 Å². The van der Waals surface area contributed by atoms with Crippen LogP contribution in [0.2, 0.25) is 0 Å². The number of allylic oxidation sites excluding steroid dienone is 4. The Labute approximate surface area is 384 Å². The standard InChI is InChI=1S/C58H86O5/c1-3-5-7-9-11-13-15-17-19-21-23-25-27-29-40-48-56(59)61-50-55(63-57(60)49-41-30-28-26-24-22-20-18-16-14-12-10-8-6-4-2)51-62-58(52-42-34-31-35-43-52,53-44-36-32-37-45-53)54-46-38-33-39-47-54/h17-20,31-39,42-47,55H,3-16,21-30,40-41,48-51H2,1-2H3/b19-17-,20-18-/t55-/m1/s1. The molecule has 0 heterocycles. The van der Waals surface area contributed by atoms with Gasteiger partial charge in [0, 0.05) is 12.8 Å². The van der Waals surface area contributed by atoms with Gasteiger partial charge in [0.1, 0.15) is 12.2 Å². The van der Waals surface area contributed by atoms with Crippen molar-refractivity contribution in [3.8, 4) is 0 Å². The molecule has 1 atom stereocenters. The highest BCUT2D eigenvalue weighted by atomic mass is 16.6. The van der Waals surface area contributed by atoms with E-state index in [0.29, 0.717) is 12.8 Å². The Kier molecular flexibility index (Phi) is 30.8. The summed E-state index contributed by atoms with van der Waals surface area (Å²) < 4.78 is 19.0. The van der Waals surface area contributed by atoms with Gasteiger partial charge < -0.3 is 14.2 Å². The van der Waals surface area contributed by atoms with Crippen molar-refractivity contribution in [3.05, 3.63) is 132 Å². The molecule has 3 aromatic carbocycles. The van der Waals surface area contributed by atoms with Crippen molar-refractivity contribution in [2.24, 2.45) is 0 Å². The third-order valence-electron chi connectivity index (χ3n) is 12.0. The van der Waals surface area contributed by atoms with Crippen LogP contribution in [0.25, 0.3) is 0 Å². The van der Waals surface area contributed by atoms with Gasteiger partial charge in [-0.3, -0.25) is 9.59 Å². The molecular formula is C58H86O5. The molecule has 0 bridgehead atoms. The molecule has 3 aromatic rings. The van der Waals surface area contributed by atoms with Crippen LogP contribution in [0.3, 0.4) is 0 Å². The average molecular weight is 863 g/mol. The molecule has 5 nitrogen and oxygen atoms in total. The van der Waals surface area contributed by atoms with Crippen LogP contribution in [0.15, 0.2) is 115 Å². The average Bonchev–Trinajstić information content (AvgIpc) is 3.31. The minimum Gasteiger partial charge on any atom is -0.462 e. The molecule has 0 saturated heterocycles. The van der Waals surface area contributed by atoms with E-state index in [9.17, 15) is 9.59 Å². The Balaban J connectivity index is 1.50. The second kappa shape index (κ2) is 36.4. The molecule has 0 amide bonds. The summed E-state index contributed by atoms with van der Waals surface area (Å²) in [5.41, 5.74) is 1.90. The van der Waals surface area contributed by atoms with E-state index in [0.717, 1.165) is 68.1 Å². The summed E-state index contributed by atoms with van der Waals surface area (Å²) >= 11 is 0. The van der Waals surface area contributed by atoms with E-state index in [-0.39, 0.29) is 25.2 Å². The number of esters is 2. The monoisotopic (exact) mass is 863 g/mol. The molecule has 63 heavy (non-hydrogen) atoms. The van der Waals surface area contributed by atoms with Gasteiger partial charge in [-0.25, -0.2) is 0 Å². The first-order valence-corrected chi connectivity index (χ1v) is 25.6. The predicted molar refractivity (Wildman–Crippen MR) is 265 cm³/mol. The Hall–Kier alpha value is -3.96. The van der Waals surface area contributed by atoms with Gasteiger partial charge in [0.25, 0.3) is 0 Å². The van der Waals surface area contributed by atoms with Gasteiger partial charge in [0.15, 0.2) is 6.10 Å². The van der Waals surface area contributed by atoms with E-state index < -0.39 is 11.7 Å². The minimum absolute atomic E-state index is 0.0452. The lowest BCUT2D eigenvalue weighted by atomic mass is 9.80. The first-order valence-electron chi connectivity index (χ1n) is 25.6. The summed E-state index contributed by atoms with van der Waals surface area (Å²) in [6.45, 7) is 4.54. The lowest BCUT2D eigenvalue weighted by Gasteiger charge is -2.37. The Bertz CT molecular complexity index is 1490. The number of rotatable bonds is 39. The van der Waals surface area contributed by atoms with Crippen LogP contribution in [0, 0.1) is 0 Å². The number of unbranched alkanes of at least 4 members (excludes halogenated alkanes) is 22. The van der Waals surface area contributed by atoms with Crippen molar-refractivity contribution in [1.82, 2.24) is 0 Å². The van der Waals surface area contributed by atoms with Gasteiger partial charge in [0.2, 0.25) is 0 Å². The van der Waals surface area contributed by atoms with Crippen molar-refractivity contribution < 1.29 is 23.8 Å². The van der Waals surface area contributed by atoms with Gasteiger partial charge in [0.05, 0.1) is 6.61 Å². The van der Waals surface area contributed by atoms with Crippen molar-refractivity contribution in [3.63, 3.8) is 0 Å². The molecule has 0 fully saturated rings. The van der Waals surface area contributed by atoms with Gasteiger partial charge in [-0.2, -0.15) is 0 Å². The molecule has 5 heteroatoms. The molecule has 0 aliphatic rings. The van der Waals surface area contributed by atoms with Crippen LogP contribution in [-0.4, -0.2) is 31.3 Å². The quantitative estimate of drug-likeness (QED) is 0.0247. The predicted octanol–water partition coefficient (Wildman–Crippen LogP) is 16.5. The van der Waals surface area contributed by atoms with Crippen LogP contribution >= 0.6 is 0 Å². The summed E-state index contributed by atoms with van der Waals surface area (Å²) in [6, 6.07) is 30.5. The number of hydrogen-bond donors (Lipinski definition) is 0. The van der Waals surface area contributed by atoms with Crippen molar-refractivity contribution in [2.45, 2.75) is 205 Å². The highest BCUT2D eigenvalue weighted by Gasteiger charge is 2.38. The maximum Gasteiger partial charge on any atom is 0.306 e. The van der Waals surface area contributed by atoms with Crippen LogP contribution in [0.5, 0.6) is 0 Å². The minimum atomic E-state index is -0.981. The molecule has 0 unspecified atom stereocenters. The Morgan fingerprint density at radius 1 is 0.429 bits per heavy atom. The SMILES string of the molecule is CCCCCCCC/C=C\CCCCCCCC(=O)OC[C@H](COC(c1ccccc1)(c1ccccc1)c1ccccc1)OC(=O)CCCCCCC/C=C\CCCCCCCC. The molecule has 0 radical (unpaired) electrons. The number of benzene rings is 3. The van der Waals surface area contributed by atoms with E-state index in [1.54, 1.807) is 0 Å². The number of hydrogen-bond acceptors (Lipinski definition) is 5. The van der Waals surface area contributed by atoms with E-state index in [1.807, 2.05) is 54.6 Å². The van der Waals surface area contributed by atoms with Gasteiger partial charge in [-0.1, -0.05) is 232 Å². The zero-order valence-electron chi connectivity index (χ0n) is 39.8. The normalized spacial score (nSPS) is 12.3. The fourth-order valence-corrected chi connectivity index (χ4v) is 8.29. The Morgan fingerprint density at radius 3 is 1.14 bits per heavy atom. The number of carbonyl (C=O) groups is 2. The molecule has 0 spiro atoms. The van der Waals surface area contributed by atoms with E-state index >= 15 is 0 Å². The van der Waals surface area contributed by atoms with Crippen LogP contribution in [0.1, 0.15) is 210 Å². The molecule has 0 N–H and O–H groups in total. The lowest BCUT2D eigenvalue weighted by molar-refractivity contribution is -0.165. The molecule has 0 aliphatic carbocycles. The Morgan fingerprint density at radius 2 is 0.762 bits per heavy atom. The second-order valence-electron chi connectivity index (χ2n) is 17.6. The van der Waals surface area contributed by atoms with Crippen LogP contribution in [0.4, 0.5) is 0 Å². The smallest absolute Gasteiger partial charge is 0.306 e. The van der Waals surface area contributed by atoms with E-state index in [4.69, 9.17) is 14.2 Å². The lowest BCUT2D eigenvalue weighted by Crippen LogP contribution is -2.38. The summed E-state index contributed by atoms with van der Waals surface area (Å²) in [6.07, 6.45) is 40.6. The van der Waals surface area contributed by atoms with Gasteiger partial charge in [-0.15, -0.1) is 0 Å². The molecule has 348 valence electrons. The number of ether oxygens (including phenoxy) is 3. The summed E-state index contributed by atoms with van der Waals surface area (Å²) in [7, 11) is 0. The first kappa shape index (κ1) is 53.4. The number of carbonyl (C=O) groups excluding carboxylic acids is 2. The van der Waals surface area contributed by atoms with Crippen molar-refractivity contribution >= 4 is 11.9 Å². The second-order valence-corrected chi connectivity index (χ2v) is 17.6. The topological polar surface area (TPSA) is 61.8 Å². The summed E-state index contributed by atoms with van der Waals surface area (Å²) in [5, 5.41) is 0. The zero-order valence-corrected chi connectivity index (χ0v) is 39.8. The molecule has 0 aliphatic heterocycles. The largest absolute Gasteiger partial charge is 0.462 e. The van der Waals surface area contributed by atoms with Gasteiger partial charge >= 0.3 is 11.9 Å². The fraction of sp³-hybridized carbons (Fsp3) is 0.586. The van der Waals surface area contributed by atoms with Crippen molar-refractivity contribution in [2.75, 3.05) is 13.2 Å². The van der Waals surface area contributed by atoms with Crippen LogP contribution < -0.4 is 0 Å². The summed E-state index contributed by atoms with van der Waals surface area (Å²) in [4.78, 5) is 26.4. The van der Waals surface area contributed by atoms with Crippen molar-refractivity contribution in [1.29, 1.82) is 0 Å². The fourth-order valence-electron chi connectivity index (χ4n) is 8.29. The zero-order chi connectivity index (χ0) is 44.7. The maximum atomic E-state index is 13.4. The summed E-state index contributed by atoms with van der Waals surface area (Å²) in [5.74, 6) is -0.536. The first-order chi connectivity index (χ1) is 31.1. The molecule has 0 saturated carbocycles.